The van der Waals surface area contributed by atoms with Crippen LogP contribution in [0.15, 0.2) is 18.2 Å². The highest BCUT2D eigenvalue weighted by molar-refractivity contribution is 5.46. The van der Waals surface area contributed by atoms with Crippen LogP contribution in [-0.2, 0) is 11.3 Å². The van der Waals surface area contributed by atoms with Crippen molar-refractivity contribution in [2.45, 2.75) is 19.4 Å². The lowest BCUT2D eigenvalue weighted by atomic mass is 10.2. The van der Waals surface area contributed by atoms with E-state index >= 15 is 0 Å². The molecular formula is C13H18O4. The van der Waals surface area contributed by atoms with Gasteiger partial charge < -0.3 is 19.3 Å². The molecule has 17 heavy (non-hydrogen) atoms. The molecule has 0 unspecified atom stereocenters. The zero-order chi connectivity index (χ0) is 12.1. The van der Waals surface area contributed by atoms with Crippen LogP contribution in [0.4, 0.5) is 0 Å². The molecule has 0 aromatic heterocycles. The fourth-order valence-electron chi connectivity index (χ4n) is 1.61. The zero-order valence-electron chi connectivity index (χ0n) is 10.0. The van der Waals surface area contributed by atoms with Crippen molar-refractivity contribution in [1.29, 1.82) is 0 Å². The van der Waals surface area contributed by atoms with Crippen molar-refractivity contribution in [2.75, 3.05) is 20.5 Å². The molecule has 1 fully saturated rings. The predicted molar refractivity (Wildman–Crippen MR) is 63.1 cm³/mol. The minimum Gasteiger partial charge on any atom is -0.493 e. The third-order valence-electron chi connectivity index (χ3n) is 2.79. The molecule has 0 radical (unpaired) electrons. The Hall–Kier alpha value is -1.26. The minimum absolute atomic E-state index is 0.0742. The average Bonchev–Trinajstić information content (AvgIpc) is 3.18. The van der Waals surface area contributed by atoms with E-state index in [2.05, 4.69) is 0 Å². The van der Waals surface area contributed by atoms with Gasteiger partial charge in [0.25, 0.3) is 0 Å². The lowest BCUT2D eigenvalue weighted by molar-refractivity contribution is 0.00755. The van der Waals surface area contributed by atoms with E-state index in [4.69, 9.17) is 14.2 Å². The summed E-state index contributed by atoms with van der Waals surface area (Å²) >= 11 is 0. The average molecular weight is 238 g/mol. The molecule has 1 aliphatic carbocycles. The van der Waals surface area contributed by atoms with Gasteiger partial charge in [-0.3, -0.25) is 0 Å². The van der Waals surface area contributed by atoms with Crippen molar-refractivity contribution in [3.63, 3.8) is 0 Å². The van der Waals surface area contributed by atoms with Gasteiger partial charge in [-0.2, -0.15) is 0 Å². The molecule has 1 aliphatic rings. The van der Waals surface area contributed by atoms with E-state index in [0.717, 1.165) is 6.61 Å². The van der Waals surface area contributed by atoms with E-state index in [1.54, 1.807) is 19.2 Å². The summed E-state index contributed by atoms with van der Waals surface area (Å²) in [6.07, 6.45) is 2.52. The van der Waals surface area contributed by atoms with Crippen LogP contribution in [0.25, 0.3) is 0 Å². The van der Waals surface area contributed by atoms with Crippen molar-refractivity contribution in [1.82, 2.24) is 0 Å². The molecular weight excluding hydrogens is 220 g/mol. The molecule has 1 N–H and O–H groups in total. The molecule has 4 heteroatoms. The van der Waals surface area contributed by atoms with Crippen LogP contribution in [0.1, 0.15) is 18.4 Å². The monoisotopic (exact) mass is 238 g/mol. The molecule has 0 spiro atoms. The topological polar surface area (TPSA) is 47.9 Å². The van der Waals surface area contributed by atoms with Crippen molar-refractivity contribution in [3.05, 3.63) is 23.8 Å². The van der Waals surface area contributed by atoms with Crippen molar-refractivity contribution in [2.24, 2.45) is 5.92 Å². The Bertz CT molecular complexity index is 338. The third kappa shape index (κ3) is 3.35. The molecule has 4 nitrogen and oxygen atoms in total. The van der Waals surface area contributed by atoms with Gasteiger partial charge in [0.15, 0.2) is 18.3 Å². The van der Waals surface area contributed by atoms with E-state index in [9.17, 15) is 5.11 Å². The number of hydrogen-bond acceptors (Lipinski definition) is 4. The molecule has 1 saturated carbocycles. The largest absolute Gasteiger partial charge is 0.493 e. The molecule has 0 saturated heterocycles. The maximum Gasteiger partial charge on any atom is 0.189 e. The van der Waals surface area contributed by atoms with E-state index in [1.807, 2.05) is 6.07 Å². The number of rotatable bonds is 7. The molecule has 2 rings (SSSR count). The molecule has 0 bridgehead atoms. The highest BCUT2D eigenvalue weighted by Gasteiger charge is 2.21. The second-order valence-corrected chi connectivity index (χ2v) is 4.18. The number of ether oxygens (including phenoxy) is 3. The first-order chi connectivity index (χ1) is 8.35. The summed E-state index contributed by atoms with van der Waals surface area (Å²) in [7, 11) is 1.58. The molecule has 1 aromatic carbocycles. The number of aliphatic hydroxyl groups is 1. The highest BCUT2D eigenvalue weighted by Crippen LogP contribution is 2.32. The summed E-state index contributed by atoms with van der Waals surface area (Å²) in [5.74, 6) is 1.90. The second kappa shape index (κ2) is 5.89. The number of hydrogen-bond donors (Lipinski definition) is 1. The van der Waals surface area contributed by atoms with Gasteiger partial charge in [0.05, 0.1) is 20.3 Å². The zero-order valence-corrected chi connectivity index (χ0v) is 10.0. The standard InChI is InChI=1S/C13H18O4/c1-15-12-4-2-3-11(7-14)13(12)17-9-16-8-10-5-6-10/h2-4,10,14H,5-9H2,1H3. The first-order valence-corrected chi connectivity index (χ1v) is 5.82. The highest BCUT2D eigenvalue weighted by atomic mass is 16.7. The number of benzene rings is 1. The van der Waals surface area contributed by atoms with Gasteiger partial charge in [0, 0.05) is 5.56 Å². The normalized spacial score (nSPS) is 14.7. The lowest BCUT2D eigenvalue weighted by Gasteiger charge is -2.13. The fourth-order valence-corrected chi connectivity index (χ4v) is 1.61. The van der Waals surface area contributed by atoms with Gasteiger partial charge in [-0.1, -0.05) is 12.1 Å². The van der Waals surface area contributed by atoms with Gasteiger partial charge in [-0.25, -0.2) is 0 Å². The van der Waals surface area contributed by atoms with Gasteiger partial charge in [-0.15, -0.1) is 0 Å². The summed E-state index contributed by atoms with van der Waals surface area (Å²) < 4.78 is 16.1. The van der Waals surface area contributed by atoms with Gasteiger partial charge in [0.2, 0.25) is 0 Å². The maximum atomic E-state index is 9.22. The van der Waals surface area contributed by atoms with Crippen LogP contribution in [0.3, 0.4) is 0 Å². The Kier molecular flexibility index (Phi) is 4.23. The summed E-state index contributed by atoms with van der Waals surface area (Å²) in [5.41, 5.74) is 0.708. The predicted octanol–water partition coefficient (Wildman–Crippen LogP) is 1.95. The van der Waals surface area contributed by atoms with Crippen molar-refractivity contribution < 1.29 is 19.3 Å². The number of para-hydroxylation sites is 1. The summed E-state index contributed by atoms with van der Waals surface area (Å²) in [4.78, 5) is 0. The molecule has 94 valence electrons. The SMILES string of the molecule is COc1cccc(CO)c1OCOCC1CC1. The van der Waals surface area contributed by atoms with E-state index in [0.29, 0.717) is 23.0 Å². The summed E-state index contributed by atoms with van der Waals surface area (Å²) in [6.45, 7) is 0.878. The van der Waals surface area contributed by atoms with Crippen LogP contribution in [0.5, 0.6) is 11.5 Å². The van der Waals surface area contributed by atoms with Gasteiger partial charge in [-0.05, 0) is 24.8 Å². The van der Waals surface area contributed by atoms with E-state index in [1.165, 1.54) is 12.8 Å². The van der Waals surface area contributed by atoms with Crippen LogP contribution in [0.2, 0.25) is 0 Å². The summed E-state index contributed by atoms with van der Waals surface area (Å²) in [6, 6.07) is 5.43. The Morgan fingerprint density at radius 1 is 1.35 bits per heavy atom. The van der Waals surface area contributed by atoms with Crippen molar-refractivity contribution in [3.8, 4) is 11.5 Å². The van der Waals surface area contributed by atoms with Crippen LogP contribution in [0, 0.1) is 5.92 Å². The third-order valence-corrected chi connectivity index (χ3v) is 2.79. The number of aliphatic hydroxyl groups excluding tert-OH is 1. The molecule has 1 aromatic rings. The minimum atomic E-state index is -0.0742. The second-order valence-electron chi connectivity index (χ2n) is 4.18. The number of methoxy groups -OCH3 is 1. The fraction of sp³-hybridized carbons (Fsp3) is 0.538. The van der Waals surface area contributed by atoms with E-state index < -0.39 is 0 Å². The Balaban J connectivity index is 1.91. The molecule has 0 aliphatic heterocycles. The smallest absolute Gasteiger partial charge is 0.189 e. The van der Waals surface area contributed by atoms with Crippen molar-refractivity contribution >= 4 is 0 Å². The van der Waals surface area contributed by atoms with Crippen LogP contribution < -0.4 is 9.47 Å². The van der Waals surface area contributed by atoms with E-state index in [-0.39, 0.29) is 13.4 Å². The van der Waals surface area contributed by atoms with Crippen LogP contribution >= 0.6 is 0 Å². The molecule has 0 heterocycles. The molecule has 0 atom stereocenters. The Morgan fingerprint density at radius 3 is 2.82 bits per heavy atom. The maximum absolute atomic E-state index is 9.22. The Labute approximate surface area is 101 Å². The molecule has 0 amide bonds. The summed E-state index contributed by atoms with van der Waals surface area (Å²) in [5, 5.41) is 9.22. The van der Waals surface area contributed by atoms with Gasteiger partial charge in [0.1, 0.15) is 0 Å². The Morgan fingerprint density at radius 2 is 2.18 bits per heavy atom. The lowest BCUT2D eigenvalue weighted by Crippen LogP contribution is -2.07. The van der Waals surface area contributed by atoms with Gasteiger partial charge >= 0.3 is 0 Å². The first kappa shape index (κ1) is 12.2. The van der Waals surface area contributed by atoms with Crippen LogP contribution in [-0.4, -0.2) is 25.6 Å². The quantitative estimate of drug-likeness (QED) is 0.582. The first-order valence-electron chi connectivity index (χ1n) is 5.82.